The topological polar surface area (TPSA) is 94.8 Å². The Bertz CT molecular complexity index is 949. The first-order valence-electron chi connectivity index (χ1n) is 9.68. The third-order valence-corrected chi connectivity index (χ3v) is 6.77. The molecule has 0 unspecified atom stereocenters. The number of hydrogen-bond acceptors (Lipinski definition) is 7. The van der Waals surface area contributed by atoms with Crippen molar-refractivity contribution in [2.24, 2.45) is 5.41 Å². The Hall–Kier alpha value is -2.13. The fourth-order valence-electron chi connectivity index (χ4n) is 3.44. The maximum atomic E-state index is 13.3. The zero-order valence-corrected chi connectivity index (χ0v) is 18.5. The number of hydrogen-bond donors (Lipinski definition) is 0. The molecule has 0 bridgehead atoms. The monoisotopic (exact) mass is 423 g/mol. The smallest absolute Gasteiger partial charge is 0.246 e. The zero-order valence-electron chi connectivity index (χ0n) is 17.6. The number of sulfonamides is 1. The first-order valence-corrected chi connectivity index (χ1v) is 11.1. The van der Waals surface area contributed by atoms with E-state index in [9.17, 15) is 8.42 Å². The summed E-state index contributed by atoms with van der Waals surface area (Å²) in [6.07, 6.45) is 2.20. The van der Waals surface area contributed by atoms with Crippen LogP contribution >= 0.6 is 0 Å². The minimum Gasteiger partial charge on any atom is -0.497 e. The van der Waals surface area contributed by atoms with Crippen molar-refractivity contribution >= 4 is 10.0 Å². The number of nitrogens with zero attached hydrogens (tertiary/aromatic N) is 3. The molecule has 0 amide bonds. The van der Waals surface area contributed by atoms with Gasteiger partial charge >= 0.3 is 0 Å². The van der Waals surface area contributed by atoms with Crippen LogP contribution in [-0.2, 0) is 16.4 Å². The van der Waals surface area contributed by atoms with Crippen LogP contribution in [0.2, 0.25) is 0 Å². The van der Waals surface area contributed by atoms with Gasteiger partial charge < -0.3 is 13.9 Å². The summed E-state index contributed by atoms with van der Waals surface area (Å²) >= 11 is 0. The van der Waals surface area contributed by atoms with Crippen molar-refractivity contribution in [1.82, 2.24) is 14.5 Å². The van der Waals surface area contributed by atoms with Crippen molar-refractivity contribution in [3.63, 3.8) is 0 Å². The predicted molar refractivity (Wildman–Crippen MR) is 108 cm³/mol. The number of piperidine rings is 1. The predicted octanol–water partition coefficient (Wildman–Crippen LogP) is 3.24. The summed E-state index contributed by atoms with van der Waals surface area (Å²) in [7, 11) is -0.809. The Kier molecular flexibility index (Phi) is 6.19. The van der Waals surface area contributed by atoms with Crippen LogP contribution in [0.3, 0.4) is 0 Å². The Morgan fingerprint density at radius 2 is 1.97 bits per heavy atom. The molecule has 29 heavy (non-hydrogen) atoms. The standard InChI is InChI=1S/C20H29N3O5S/c1-20(2,3)12-18-21-22-19(28-18)14-7-6-10-23(13-14)29(24,25)17-11-15(26-4)8-9-16(17)27-5/h8-9,11,14H,6-7,10,12-13H2,1-5H3/t14-/m1/s1. The quantitative estimate of drug-likeness (QED) is 0.704. The number of ether oxygens (including phenoxy) is 2. The molecule has 2 heterocycles. The number of rotatable bonds is 6. The summed E-state index contributed by atoms with van der Waals surface area (Å²) in [5.74, 6) is 1.71. The van der Waals surface area contributed by atoms with Crippen LogP contribution in [0.15, 0.2) is 27.5 Å². The summed E-state index contributed by atoms with van der Waals surface area (Å²) in [4.78, 5) is 0.0963. The normalized spacial score (nSPS) is 18.6. The first-order chi connectivity index (χ1) is 13.6. The number of methoxy groups -OCH3 is 2. The van der Waals surface area contributed by atoms with Gasteiger partial charge in [0.2, 0.25) is 21.8 Å². The van der Waals surface area contributed by atoms with Gasteiger partial charge in [0.05, 0.1) is 20.1 Å². The highest BCUT2D eigenvalue weighted by Crippen LogP contribution is 2.35. The van der Waals surface area contributed by atoms with Crippen LogP contribution < -0.4 is 9.47 Å². The number of aromatic nitrogens is 2. The van der Waals surface area contributed by atoms with Crippen molar-refractivity contribution in [2.75, 3.05) is 27.3 Å². The molecule has 3 rings (SSSR count). The van der Waals surface area contributed by atoms with E-state index in [-0.39, 0.29) is 22.0 Å². The van der Waals surface area contributed by atoms with Gasteiger partial charge in [0.1, 0.15) is 16.4 Å². The maximum absolute atomic E-state index is 13.3. The molecule has 0 N–H and O–H groups in total. The molecule has 0 spiro atoms. The fraction of sp³-hybridized carbons (Fsp3) is 0.600. The Morgan fingerprint density at radius 1 is 1.21 bits per heavy atom. The molecule has 1 aliphatic heterocycles. The van der Waals surface area contributed by atoms with Gasteiger partial charge in [0, 0.05) is 25.6 Å². The molecule has 1 atom stereocenters. The molecule has 8 nitrogen and oxygen atoms in total. The van der Waals surface area contributed by atoms with Gasteiger partial charge in [-0.1, -0.05) is 20.8 Å². The van der Waals surface area contributed by atoms with E-state index in [1.807, 2.05) is 0 Å². The second-order valence-corrected chi connectivity index (χ2v) is 10.4. The largest absolute Gasteiger partial charge is 0.497 e. The van der Waals surface area contributed by atoms with Crippen LogP contribution in [0.25, 0.3) is 0 Å². The van der Waals surface area contributed by atoms with Gasteiger partial charge in [-0.2, -0.15) is 4.31 Å². The zero-order chi connectivity index (χ0) is 21.2. The van der Waals surface area contributed by atoms with Crippen molar-refractivity contribution < 1.29 is 22.3 Å². The van der Waals surface area contributed by atoms with Crippen LogP contribution in [0.4, 0.5) is 0 Å². The second kappa shape index (κ2) is 8.31. The maximum Gasteiger partial charge on any atom is 0.246 e. The average Bonchev–Trinajstić information content (AvgIpc) is 3.14. The van der Waals surface area contributed by atoms with E-state index in [2.05, 4.69) is 31.0 Å². The molecule has 1 aliphatic rings. The summed E-state index contributed by atoms with van der Waals surface area (Å²) in [5.41, 5.74) is 0.0364. The highest BCUT2D eigenvalue weighted by Gasteiger charge is 2.35. The van der Waals surface area contributed by atoms with Gasteiger partial charge in [-0.3, -0.25) is 0 Å². The SMILES string of the molecule is COc1ccc(OC)c(S(=O)(=O)N2CCC[C@@H](c3nnc(CC(C)(C)C)o3)C2)c1. The molecule has 1 aromatic carbocycles. The molecule has 2 aromatic rings. The lowest BCUT2D eigenvalue weighted by Gasteiger charge is -2.30. The van der Waals surface area contributed by atoms with Gasteiger partial charge in [-0.25, -0.2) is 8.42 Å². The third kappa shape index (κ3) is 4.90. The van der Waals surface area contributed by atoms with Gasteiger partial charge in [-0.05, 0) is 30.4 Å². The average molecular weight is 424 g/mol. The Labute approximate surface area is 172 Å². The van der Waals surface area contributed by atoms with Crippen molar-refractivity contribution in [3.05, 3.63) is 30.0 Å². The lowest BCUT2D eigenvalue weighted by molar-refractivity contribution is 0.273. The lowest BCUT2D eigenvalue weighted by Crippen LogP contribution is -2.39. The summed E-state index contributed by atoms with van der Waals surface area (Å²) in [6.45, 7) is 7.04. The molecule has 0 aliphatic carbocycles. The fourth-order valence-corrected chi connectivity index (χ4v) is 5.14. The van der Waals surface area contributed by atoms with E-state index in [1.54, 1.807) is 12.1 Å². The van der Waals surface area contributed by atoms with E-state index < -0.39 is 10.0 Å². The summed E-state index contributed by atoms with van der Waals surface area (Å²) < 4.78 is 44.5. The van der Waals surface area contributed by atoms with E-state index in [1.165, 1.54) is 24.6 Å². The Balaban J connectivity index is 1.83. The van der Waals surface area contributed by atoms with Crippen molar-refractivity contribution in [2.45, 2.75) is 50.8 Å². The van der Waals surface area contributed by atoms with Crippen molar-refractivity contribution in [3.8, 4) is 11.5 Å². The molecule has 1 saturated heterocycles. The summed E-state index contributed by atoms with van der Waals surface area (Å²) in [6, 6.07) is 4.77. The second-order valence-electron chi connectivity index (χ2n) is 8.49. The highest BCUT2D eigenvalue weighted by atomic mass is 32.2. The number of benzene rings is 1. The minimum absolute atomic E-state index is 0.0364. The highest BCUT2D eigenvalue weighted by molar-refractivity contribution is 7.89. The van der Waals surface area contributed by atoms with Gasteiger partial charge in [0.25, 0.3) is 0 Å². The molecule has 0 saturated carbocycles. The minimum atomic E-state index is -3.76. The van der Waals surface area contributed by atoms with Crippen LogP contribution in [-0.4, -0.2) is 50.2 Å². The van der Waals surface area contributed by atoms with Crippen LogP contribution in [0.1, 0.15) is 51.3 Å². The third-order valence-electron chi connectivity index (χ3n) is 4.89. The van der Waals surface area contributed by atoms with Crippen molar-refractivity contribution in [1.29, 1.82) is 0 Å². The first kappa shape index (κ1) is 21.6. The molecule has 0 radical (unpaired) electrons. The Morgan fingerprint density at radius 3 is 2.62 bits per heavy atom. The van der Waals surface area contributed by atoms with E-state index in [0.717, 1.165) is 6.42 Å². The van der Waals surface area contributed by atoms with Crippen LogP contribution in [0, 0.1) is 5.41 Å². The molecule has 1 fully saturated rings. The molecule has 9 heteroatoms. The van der Waals surface area contributed by atoms with Gasteiger partial charge in [0.15, 0.2) is 0 Å². The molecular weight excluding hydrogens is 394 g/mol. The van der Waals surface area contributed by atoms with E-state index >= 15 is 0 Å². The van der Waals surface area contributed by atoms with Crippen LogP contribution in [0.5, 0.6) is 11.5 Å². The molecule has 160 valence electrons. The summed E-state index contributed by atoms with van der Waals surface area (Å²) in [5, 5.41) is 8.34. The van der Waals surface area contributed by atoms with Gasteiger partial charge in [-0.15, -0.1) is 10.2 Å². The van der Waals surface area contributed by atoms with E-state index in [4.69, 9.17) is 13.9 Å². The lowest BCUT2D eigenvalue weighted by atomic mass is 9.92. The molecular formula is C20H29N3O5S. The molecule has 1 aromatic heterocycles. The van der Waals surface area contributed by atoms with E-state index in [0.29, 0.717) is 43.5 Å².